The molecule has 1 unspecified atom stereocenters. The zero-order chi connectivity index (χ0) is 24.5. The molecule has 0 saturated carbocycles. The van der Waals surface area contributed by atoms with Gasteiger partial charge in [0.2, 0.25) is 5.60 Å². The van der Waals surface area contributed by atoms with Crippen LogP contribution in [0.2, 0.25) is 10.0 Å². The predicted octanol–water partition coefficient (Wildman–Crippen LogP) is 6.57. The minimum absolute atomic E-state index is 0.0545. The van der Waals surface area contributed by atoms with Gasteiger partial charge in [0.25, 0.3) is 5.91 Å². The summed E-state index contributed by atoms with van der Waals surface area (Å²) in [6, 6.07) is 13.9. The SMILES string of the molecule is CSCCNC(=O)c1ccc(C2=CC(c3cc(Cl)cc(Cl)c3)(C(F)(F)F)ON2)c2ccccc12. The molecule has 178 valence electrons. The summed E-state index contributed by atoms with van der Waals surface area (Å²) in [7, 11) is 0. The first kappa shape index (κ1) is 24.7. The molecule has 3 aromatic carbocycles. The summed E-state index contributed by atoms with van der Waals surface area (Å²) in [5.41, 5.74) is 0.385. The molecule has 0 fully saturated rings. The monoisotopic (exact) mass is 526 g/mol. The van der Waals surface area contributed by atoms with Gasteiger partial charge in [-0.05, 0) is 47.4 Å². The molecular formula is C24H19Cl2F3N2O2S. The van der Waals surface area contributed by atoms with Gasteiger partial charge in [-0.15, -0.1) is 0 Å². The minimum atomic E-state index is -4.82. The Balaban J connectivity index is 1.82. The van der Waals surface area contributed by atoms with Crippen LogP contribution in [0.15, 0.2) is 60.7 Å². The van der Waals surface area contributed by atoms with Gasteiger partial charge in [-0.3, -0.25) is 15.1 Å². The van der Waals surface area contributed by atoms with E-state index < -0.39 is 11.8 Å². The first-order chi connectivity index (χ1) is 16.2. The van der Waals surface area contributed by atoms with Crippen LogP contribution in [-0.2, 0) is 10.4 Å². The fraction of sp³-hybridized carbons (Fsp3) is 0.208. The lowest BCUT2D eigenvalue weighted by molar-refractivity contribution is -0.269. The van der Waals surface area contributed by atoms with Gasteiger partial charge in [0.1, 0.15) is 0 Å². The van der Waals surface area contributed by atoms with E-state index >= 15 is 0 Å². The molecule has 0 spiro atoms. The van der Waals surface area contributed by atoms with E-state index in [4.69, 9.17) is 28.0 Å². The van der Waals surface area contributed by atoms with Crippen molar-refractivity contribution in [3.63, 3.8) is 0 Å². The number of hydroxylamine groups is 1. The number of carbonyl (C=O) groups excluding carboxylic acids is 1. The van der Waals surface area contributed by atoms with Crippen LogP contribution in [0.5, 0.6) is 0 Å². The molecule has 10 heteroatoms. The zero-order valence-corrected chi connectivity index (χ0v) is 20.1. The Kier molecular flexibility index (Phi) is 7.05. The summed E-state index contributed by atoms with van der Waals surface area (Å²) in [6.45, 7) is 0.507. The van der Waals surface area contributed by atoms with Gasteiger partial charge in [0.05, 0.1) is 5.70 Å². The second kappa shape index (κ2) is 9.70. The number of hydrogen-bond donors (Lipinski definition) is 2. The van der Waals surface area contributed by atoms with Gasteiger partial charge in [0.15, 0.2) is 0 Å². The summed E-state index contributed by atoms with van der Waals surface area (Å²) in [5, 5.41) is 4.18. The van der Waals surface area contributed by atoms with Crippen LogP contribution >= 0.6 is 35.0 Å². The number of benzene rings is 3. The van der Waals surface area contributed by atoms with Crippen molar-refractivity contribution in [1.82, 2.24) is 10.8 Å². The number of fused-ring (bicyclic) bond motifs is 1. The lowest BCUT2D eigenvalue weighted by Crippen LogP contribution is -2.42. The van der Waals surface area contributed by atoms with Crippen LogP contribution < -0.4 is 10.8 Å². The van der Waals surface area contributed by atoms with Gasteiger partial charge in [-0.25, -0.2) is 0 Å². The van der Waals surface area contributed by atoms with Crippen molar-refractivity contribution in [2.45, 2.75) is 11.8 Å². The highest BCUT2D eigenvalue weighted by Crippen LogP contribution is 2.48. The van der Waals surface area contributed by atoms with E-state index in [1.54, 1.807) is 48.2 Å². The van der Waals surface area contributed by atoms with E-state index in [2.05, 4.69) is 10.8 Å². The van der Waals surface area contributed by atoms with E-state index in [1.165, 1.54) is 18.2 Å². The molecule has 1 atom stereocenters. The number of nitrogens with one attached hydrogen (secondary N) is 2. The van der Waals surface area contributed by atoms with E-state index in [-0.39, 0.29) is 27.2 Å². The molecule has 34 heavy (non-hydrogen) atoms. The first-order valence-corrected chi connectivity index (χ1v) is 12.3. The second-order valence-corrected chi connectivity index (χ2v) is 9.47. The quantitative estimate of drug-likeness (QED) is 0.356. The zero-order valence-electron chi connectivity index (χ0n) is 17.8. The van der Waals surface area contributed by atoms with Gasteiger partial charge in [0, 0.05) is 39.0 Å². The molecule has 3 aromatic rings. The van der Waals surface area contributed by atoms with Crippen molar-refractivity contribution >= 4 is 57.3 Å². The lowest BCUT2D eigenvalue weighted by atomic mass is 9.90. The maximum Gasteiger partial charge on any atom is 0.428 e. The number of thioether (sulfide) groups is 1. The molecule has 0 bridgehead atoms. The highest BCUT2D eigenvalue weighted by atomic mass is 35.5. The molecule has 1 aliphatic rings. The third kappa shape index (κ3) is 4.60. The van der Waals surface area contributed by atoms with E-state index in [1.807, 2.05) is 6.26 Å². The molecule has 4 rings (SSSR count). The number of halogens is 5. The van der Waals surface area contributed by atoms with Gasteiger partial charge in [-0.2, -0.15) is 24.9 Å². The number of amides is 1. The molecule has 0 aliphatic carbocycles. The summed E-state index contributed by atoms with van der Waals surface area (Å²) in [5.74, 6) is 0.516. The van der Waals surface area contributed by atoms with Gasteiger partial charge in [-0.1, -0.05) is 53.5 Å². The van der Waals surface area contributed by atoms with Crippen LogP contribution in [-0.4, -0.2) is 30.6 Å². The number of carbonyl (C=O) groups is 1. The smallest absolute Gasteiger partial charge is 0.351 e. The van der Waals surface area contributed by atoms with Crippen molar-refractivity contribution in [2.75, 3.05) is 18.6 Å². The predicted molar refractivity (Wildman–Crippen MR) is 131 cm³/mol. The fourth-order valence-electron chi connectivity index (χ4n) is 3.84. The van der Waals surface area contributed by atoms with Crippen LogP contribution in [0.3, 0.4) is 0 Å². The van der Waals surface area contributed by atoms with Crippen molar-refractivity contribution < 1.29 is 22.8 Å². The Bertz CT molecular complexity index is 1260. The van der Waals surface area contributed by atoms with E-state index in [0.717, 1.165) is 11.8 Å². The molecule has 1 heterocycles. The summed E-state index contributed by atoms with van der Waals surface area (Å²) in [4.78, 5) is 17.9. The number of rotatable bonds is 6. The standard InChI is InChI=1S/C24H19Cl2F3N2O2S/c1-34-9-8-30-22(32)20-7-6-19(17-4-2-3-5-18(17)20)21-13-23(33-31-21,24(27,28)29)14-10-15(25)12-16(26)11-14/h2-7,10-13,31H,8-9H2,1H3,(H,30,32). The van der Waals surface area contributed by atoms with Crippen molar-refractivity contribution in [3.8, 4) is 0 Å². The van der Waals surface area contributed by atoms with Gasteiger partial charge >= 0.3 is 6.18 Å². The molecular weight excluding hydrogens is 508 g/mol. The molecule has 0 radical (unpaired) electrons. The van der Waals surface area contributed by atoms with Crippen LogP contribution in [0.1, 0.15) is 21.5 Å². The van der Waals surface area contributed by atoms with Crippen molar-refractivity contribution in [2.24, 2.45) is 0 Å². The normalized spacial score (nSPS) is 18.0. The molecule has 1 amide bonds. The Morgan fingerprint density at radius 1 is 1.09 bits per heavy atom. The van der Waals surface area contributed by atoms with Gasteiger partial charge < -0.3 is 5.32 Å². The topological polar surface area (TPSA) is 50.4 Å². The van der Waals surface area contributed by atoms with Crippen molar-refractivity contribution in [1.29, 1.82) is 0 Å². The Morgan fingerprint density at radius 3 is 2.41 bits per heavy atom. The lowest BCUT2D eigenvalue weighted by Gasteiger charge is -2.28. The molecule has 0 aromatic heterocycles. The minimum Gasteiger partial charge on any atom is -0.351 e. The Labute approximate surface area is 208 Å². The highest BCUT2D eigenvalue weighted by Gasteiger charge is 2.59. The third-order valence-corrected chi connectivity index (χ3v) is 6.48. The average Bonchev–Trinajstić information content (AvgIpc) is 3.25. The molecule has 4 nitrogen and oxygen atoms in total. The molecule has 1 aliphatic heterocycles. The van der Waals surface area contributed by atoms with E-state index in [9.17, 15) is 18.0 Å². The average molecular weight is 527 g/mol. The van der Waals surface area contributed by atoms with Crippen LogP contribution in [0, 0.1) is 0 Å². The maximum atomic E-state index is 14.3. The molecule has 0 saturated heterocycles. The maximum absolute atomic E-state index is 14.3. The van der Waals surface area contributed by atoms with Crippen LogP contribution in [0.25, 0.3) is 16.5 Å². The summed E-state index contributed by atoms with van der Waals surface area (Å²) in [6.07, 6.45) is -1.91. The highest BCUT2D eigenvalue weighted by molar-refractivity contribution is 7.98. The second-order valence-electron chi connectivity index (χ2n) is 7.61. The van der Waals surface area contributed by atoms with E-state index in [0.29, 0.717) is 28.4 Å². The summed E-state index contributed by atoms with van der Waals surface area (Å²) < 4.78 is 43.0. The summed E-state index contributed by atoms with van der Waals surface area (Å²) >= 11 is 13.6. The fourth-order valence-corrected chi connectivity index (χ4v) is 4.67. The Hall–Kier alpha value is -2.39. The third-order valence-electron chi connectivity index (χ3n) is 5.43. The largest absolute Gasteiger partial charge is 0.428 e. The van der Waals surface area contributed by atoms with Crippen molar-refractivity contribution in [3.05, 3.63) is 87.4 Å². The van der Waals surface area contributed by atoms with Crippen LogP contribution in [0.4, 0.5) is 13.2 Å². The Morgan fingerprint density at radius 2 is 1.76 bits per heavy atom. The number of hydrogen-bond acceptors (Lipinski definition) is 4. The molecule has 2 N–H and O–H groups in total. The first-order valence-electron chi connectivity index (χ1n) is 10.2. The number of alkyl halides is 3.